The van der Waals surface area contributed by atoms with E-state index in [0.29, 0.717) is 35.4 Å². The Labute approximate surface area is 205 Å². The fraction of sp³-hybridized carbons (Fsp3) is 0.0800. The van der Waals surface area contributed by atoms with Crippen LogP contribution in [0.2, 0.25) is 5.02 Å². The minimum atomic E-state index is -0.215. The number of H-pyrrole nitrogens is 1. The Balaban J connectivity index is 1.18. The molecular weight excluding hydrogens is 464 g/mol. The van der Waals surface area contributed by atoms with Crippen LogP contribution in [0, 0.1) is 0 Å². The number of benzene rings is 2. The zero-order valence-corrected chi connectivity index (χ0v) is 19.1. The third-order valence-corrected chi connectivity index (χ3v) is 6.16. The van der Waals surface area contributed by atoms with Crippen LogP contribution in [0.15, 0.2) is 73.3 Å². The van der Waals surface area contributed by atoms with Crippen molar-refractivity contribution in [3.8, 4) is 11.4 Å². The first-order valence-electron chi connectivity index (χ1n) is 10.9. The number of carbonyl (C=O) groups is 1. The topological polar surface area (TPSA) is 112 Å². The largest absolute Gasteiger partial charge is 0.340 e. The Morgan fingerprint density at radius 1 is 1.00 bits per heavy atom. The molecule has 4 heterocycles. The van der Waals surface area contributed by atoms with E-state index in [9.17, 15) is 4.79 Å². The molecule has 0 aliphatic carbocycles. The number of aromatic amines is 1. The lowest BCUT2D eigenvalue weighted by Gasteiger charge is -2.16. The van der Waals surface area contributed by atoms with Crippen LogP contribution in [0.1, 0.15) is 11.1 Å². The molecule has 6 rings (SSSR count). The van der Waals surface area contributed by atoms with Crippen LogP contribution < -0.4 is 10.6 Å². The molecule has 5 aromatic rings. The quantitative estimate of drug-likeness (QED) is 0.318. The van der Waals surface area contributed by atoms with E-state index in [1.807, 2.05) is 42.5 Å². The highest BCUT2D eigenvalue weighted by Gasteiger charge is 2.24. The molecule has 0 bridgehead atoms. The molecule has 3 aromatic heterocycles. The van der Waals surface area contributed by atoms with Gasteiger partial charge in [-0.2, -0.15) is 5.10 Å². The second-order valence-corrected chi connectivity index (χ2v) is 8.59. The molecule has 0 fully saturated rings. The van der Waals surface area contributed by atoms with Gasteiger partial charge in [0.1, 0.15) is 5.82 Å². The van der Waals surface area contributed by atoms with Gasteiger partial charge in [0.2, 0.25) is 0 Å². The van der Waals surface area contributed by atoms with E-state index in [2.05, 4.69) is 30.8 Å². The zero-order chi connectivity index (χ0) is 23.8. The first-order valence-corrected chi connectivity index (χ1v) is 11.3. The maximum Gasteiger partial charge on any atom is 0.322 e. The minimum absolute atomic E-state index is 0.215. The number of halogens is 1. The Kier molecular flexibility index (Phi) is 5.23. The molecule has 0 saturated heterocycles. The molecule has 9 nitrogen and oxygen atoms in total. The second-order valence-electron chi connectivity index (χ2n) is 8.19. The van der Waals surface area contributed by atoms with Crippen molar-refractivity contribution in [2.24, 2.45) is 0 Å². The molecular formula is C25H19ClN8O. The van der Waals surface area contributed by atoms with E-state index in [0.717, 1.165) is 33.3 Å². The number of hydrogen-bond acceptors (Lipinski definition) is 6. The highest BCUT2D eigenvalue weighted by atomic mass is 35.5. The van der Waals surface area contributed by atoms with Crippen molar-refractivity contribution < 1.29 is 4.79 Å². The number of nitrogens with one attached hydrogen (secondary N) is 3. The number of nitrogens with zero attached hydrogens (tertiary/aromatic N) is 5. The van der Waals surface area contributed by atoms with E-state index in [1.165, 1.54) is 6.20 Å². The lowest BCUT2D eigenvalue weighted by Crippen LogP contribution is -2.30. The summed E-state index contributed by atoms with van der Waals surface area (Å²) >= 11 is 6.12. The van der Waals surface area contributed by atoms with E-state index < -0.39 is 0 Å². The van der Waals surface area contributed by atoms with Crippen LogP contribution in [0.25, 0.3) is 22.3 Å². The molecule has 0 saturated carbocycles. The van der Waals surface area contributed by atoms with Crippen LogP contribution in [0.5, 0.6) is 0 Å². The molecule has 2 aromatic carbocycles. The van der Waals surface area contributed by atoms with Gasteiger partial charge in [0.25, 0.3) is 0 Å². The molecule has 0 radical (unpaired) electrons. The van der Waals surface area contributed by atoms with Crippen molar-refractivity contribution in [2.75, 3.05) is 10.6 Å². The average Bonchev–Trinajstić information content (AvgIpc) is 3.52. The van der Waals surface area contributed by atoms with Crippen molar-refractivity contribution in [3.05, 3.63) is 89.5 Å². The molecule has 1 aliphatic rings. The Hall–Kier alpha value is -4.50. The summed E-state index contributed by atoms with van der Waals surface area (Å²) in [6, 6.07) is 15.3. The van der Waals surface area contributed by atoms with Crippen molar-refractivity contribution in [1.29, 1.82) is 0 Å². The van der Waals surface area contributed by atoms with Gasteiger partial charge in [-0.1, -0.05) is 23.7 Å². The second kappa shape index (κ2) is 8.69. The Bertz CT molecular complexity index is 1570. The molecule has 172 valence electrons. The van der Waals surface area contributed by atoms with E-state index in [-0.39, 0.29) is 6.03 Å². The highest BCUT2D eigenvalue weighted by Crippen LogP contribution is 2.29. The fourth-order valence-corrected chi connectivity index (χ4v) is 4.25. The molecule has 2 amide bonds. The predicted molar refractivity (Wildman–Crippen MR) is 134 cm³/mol. The highest BCUT2D eigenvalue weighted by molar-refractivity contribution is 6.33. The zero-order valence-electron chi connectivity index (χ0n) is 18.4. The van der Waals surface area contributed by atoms with Gasteiger partial charge in [-0.15, -0.1) is 0 Å². The van der Waals surface area contributed by atoms with Crippen LogP contribution >= 0.6 is 11.6 Å². The Morgan fingerprint density at radius 3 is 2.83 bits per heavy atom. The third-order valence-electron chi connectivity index (χ3n) is 5.86. The molecule has 0 unspecified atom stereocenters. The van der Waals surface area contributed by atoms with Crippen molar-refractivity contribution in [2.45, 2.75) is 13.1 Å². The van der Waals surface area contributed by atoms with Gasteiger partial charge >= 0.3 is 6.03 Å². The first kappa shape index (κ1) is 21.1. The van der Waals surface area contributed by atoms with Gasteiger partial charge in [-0.05, 0) is 47.5 Å². The normalized spacial score (nSPS) is 12.5. The smallest absolute Gasteiger partial charge is 0.322 e. The molecule has 3 N–H and O–H groups in total. The summed E-state index contributed by atoms with van der Waals surface area (Å²) < 4.78 is 0. The lowest BCUT2D eigenvalue weighted by atomic mass is 10.1. The summed E-state index contributed by atoms with van der Waals surface area (Å²) in [7, 11) is 0. The predicted octanol–water partition coefficient (Wildman–Crippen LogP) is 5.36. The van der Waals surface area contributed by atoms with Crippen LogP contribution in [0.4, 0.5) is 22.0 Å². The van der Waals surface area contributed by atoms with Gasteiger partial charge in [0.05, 0.1) is 22.4 Å². The molecule has 1 aliphatic heterocycles. The van der Waals surface area contributed by atoms with Crippen molar-refractivity contribution in [3.63, 3.8) is 0 Å². The maximum atomic E-state index is 12.8. The van der Waals surface area contributed by atoms with Crippen LogP contribution in [-0.2, 0) is 13.1 Å². The maximum absolute atomic E-state index is 12.8. The first-order chi connectivity index (χ1) is 17.1. The van der Waals surface area contributed by atoms with Gasteiger partial charge in [0, 0.05) is 48.3 Å². The lowest BCUT2D eigenvalue weighted by molar-refractivity contribution is 0.212. The summed E-state index contributed by atoms with van der Waals surface area (Å²) in [5.74, 6) is 1.29. The third kappa shape index (κ3) is 4.24. The van der Waals surface area contributed by atoms with E-state index >= 15 is 0 Å². The van der Waals surface area contributed by atoms with Crippen LogP contribution in [0.3, 0.4) is 0 Å². The summed E-state index contributed by atoms with van der Waals surface area (Å²) in [6.45, 7) is 1.00. The fourth-order valence-electron chi connectivity index (χ4n) is 4.08. The molecule has 0 atom stereocenters. The summed E-state index contributed by atoms with van der Waals surface area (Å²) in [6.07, 6.45) is 6.60. The number of hydrogen-bond donors (Lipinski definition) is 3. The summed E-state index contributed by atoms with van der Waals surface area (Å²) in [5.41, 5.74) is 5.46. The number of pyridine rings is 1. The van der Waals surface area contributed by atoms with Gasteiger partial charge in [-0.25, -0.2) is 14.8 Å². The molecule has 0 spiro atoms. The van der Waals surface area contributed by atoms with E-state index in [1.54, 1.807) is 29.6 Å². The van der Waals surface area contributed by atoms with Gasteiger partial charge < -0.3 is 15.5 Å². The summed E-state index contributed by atoms with van der Waals surface area (Å²) in [5, 5.41) is 14.6. The van der Waals surface area contributed by atoms with Gasteiger partial charge in [0.15, 0.2) is 5.82 Å². The standard InChI is InChI=1S/C25H19ClN8O/c26-20-12-27-7-5-22(20)31-25(35)34-13-16-2-1-15(9-18(16)14-34)24-28-8-6-23(32-24)30-19-3-4-21-17(10-19)11-29-33-21/h1-12H,13-14H2,(H,29,33)(H,27,31,35)(H,28,30,32). The van der Waals surface area contributed by atoms with Gasteiger partial charge in [-0.3, -0.25) is 10.1 Å². The number of fused-ring (bicyclic) bond motifs is 2. The molecule has 10 heteroatoms. The number of urea groups is 1. The molecule has 35 heavy (non-hydrogen) atoms. The van der Waals surface area contributed by atoms with Crippen LogP contribution in [-0.4, -0.2) is 36.1 Å². The monoisotopic (exact) mass is 482 g/mol. The average molecular weight is 483 g/mol. The number of aromatic nitrogens is 5. The SMILES string of the molecule is O=C(Nc1ccncc1Cl)N1Cc2ccc(-c3nccc(Nc4ccc5[nH]ncc5c4)n3)cc2C1. The van der Waals surface area contributed by atoms with Crippen molar-refractivity contribution in [1.82, 2.24) is 30.0 Å². The summed E-state index contributed by atoms with van der Waals surface area (Å²) in [4.78, 5) is 27.6. The minimum Gasteiger partial charge on any atom is -0.340 e. The number of anilines is 3. The number of carbonyl (C=O) groups excluding carboxylic acids is 1. The van der Waals surface area contributed by atoms with E-state index in [4.69, 9.17) is 16.6 Å². The van der Waals surface area contributed by atoms with Crippen molar-refractivity contribution >= 4 is 45.7 Å². The number of amides is 2. The number of rotatable bonds is 4. The Morgan fingerprint density at radius 2 is 1.91 bits per heavy atom.